The second-order valence-corrected chi connectivity index (χ2v) is 6.35. The first-order valence-electron chi connectivity index (χ1n) is 8.14. The average Bonchev–Trinajstić information content (AvgIpc) is 3.37. The lowest BCUT2D eigenvalue weighted by atomic mass is 10.3. The molecule has 28 heavy (non-hydrogen) atoms. The zero-order valence-corrected chi connectivity index (χ0v) is 15.1. The lowest BCUT2D eigenvalue weighted by Gasteiger charge is -2.08. The van der Waals surface area contributed by atoms with Crippen molar-refractivity contribution in [2.24, 2.45) is 0 Å². The van der Waals surface area contributed by atoms with Gasteiger partial charge >= 0.3 is 6.03 Å². The van der Waals surface area contributed by atoms with Gasteiger partial charge in [0.2, 0.25) is 11.0 Å². The van der Waals surface area contributed by atoms with Gasteiger partial charge in [-0.05, 0) is 48.5 Å². The number of benzene rings is 2. The summed E-state index contributed by atoms with van der Waals surface area (Å²) < 4.78 is 28.1. The van der Waals surface area contributed by atoms with Gasteiger partial charge in [-0.2, -0.15) is 4.37 Å². The molecule has 2 heterocycles. The van der Waals surface area contributed by atoms with Gasteiger partial charge < -0.3 is 19.8 Å². The second-order valence-electron chi connectivity index (χ2n) is 5.58. The number of urea groups is 1. The van der Waals surface area contributed by atoms with E-state index in [2.05, 4.69) is 20.0 Å². The van der Waals surface area contributed by atoms with Gasteiger partial charge in [0.05, 0.1) is 6.20 Å². The molecule has 140 valence electrons. The number of ether oxygens (including phenoxy) is 1. The Bertz CT molecular complexity index is 1060. The molecule has 4 rings (SSSR count). The van der Waals surface area contributed by atoms with Gasteiger partial charge in [0.1, 0.15) is 23.5 Å². The molecule has 0 fully saturated rings. The van der Waals surface area contributed by atoms with E-state index in [-0.39, 0.29) is 5.82 Å². The SMILES string of the molecule is O=C(Nc1ccc(F)cc1)Nc1ccc(Oc2cc(-c3ncco3)ns2)cc1. The minimum absolute atomic E-state index is 0.366. The van der Waals surface area contributed by atoms with Crippen molar-refractivity contribution in [2.45, 2.75) is 0 Å². The lowest BCUT2D eigenvalue weighted by molar-refractivity contribution is 0.262. The topological polar surface area (TPSA) is 89.3 Å². The van der Waals surface area contributed by atoms with E-state index in [0.717, 1.165) is 0 Å². The van der Waals surface area contributed by atoms with E-state index in [9.17, 15) is 9.18 Å². The van der Waals surface area contributed by atoms with Gasteiger partial charge in [-0.3, -0.25) is 0 Å². The number of hydrogen-bond acceptors (Lipinski definition) is 6. The third kappa shape index (κ3) is 4.33. The molecular formula is C19H13FN4O3S. The minimum atomic E-state index is -0.432. The number of anilines is 2. The van der Waals surface area contributed by atoms with E-state index in [1.54, 1.807) is 36.5 Å². The van der Waals surface area contributed by atoms with E-state index in [1.807, 2.05) is 0 Å². The Morgan fingerprint density at radius 1 is 1.04 bits per heavy atom. The van der Waals surface area contributed by atoms with Crippen molar-refractivity contribution < 1.29 is 18.3 Å². The molecule has 0 saturated carbocycles. The predicted octanol–water partition coefficient (Wildman–Crippen LogP) is 5.37. The first kappa shape index (κ1) is 17.7. The number of oxazole rings is 1. The number of nitrogens with zero attached hydrogens (tertiary/aromatic N) is 2. The molecule has 0 unspecified atom stereocenters. The van der Waals surface area contributed by atoms with Crippen LogP contribution >= 0.6 is 11.5 Å². The fourth-order valence-corrected chi connectivity index (χ4v) is 2.92. The smallest absolute Gasteiger partial charge is 0.323 e. The highest BCUT2D eigenvalue weighted by atomic mass is 32.1. The average molecular weight is 396 g/mol. The van der Waals surface area contributed by atoms with E-state index < -0.39 is 6.03 Å². The van der Waals surface area contributed by atoms with Crippen molar-refractivity contribution >= 4 is 28.9 Å². The molecule has 7 nitrogen and oxygen atoms in total. The number of halogens is 1. The van der Waals surface area contributed by atoms with Crippen molar-refractivity contribution in [1.29, 1.82) is 0 Å². The Balaban J connectivity index is 1.34. The zero-order valence-electron chi connectivity index (χ0n) is 14.3. The van der Waals surface area contributed by atoms with Gasteiger partial charge in [0.15, 0.2) is 0 Å². The van der Waals surface area contributed by atoms with E-state index in [1.165, 1.54) is 42.1 Å². The molecule has 4 aromatic rings. The summed E-state index contributed by atoms with van der Waals surface area (Å²) in [6, 6.07) is 13.7. The van der Waals surface area contributed by atoms with Crippen LogP contribution in [0.15, 0.2) is 71.5 Å². The summed E-state index contributed by atoms with van der Waals surface area (Å²) in [5, 5.41) is 5.89. The van der Waals surface area contributed by atoms with Crippen LogP contribution in [0.25, 0.3) is 11.6 Å². The molecule has 0 saturated heterocycles. The van der Waals surface area contributed by atoms with Gasteiger partial charge in [0.25, 0.3) is 0 Å². The Kier molecular flexibility index (Phi) is 4.98. The molecule has 0 aliphatic heterocycles. The summed E-state index contributed by atoms with van der Waals surface area (Å²) in [5.41, 5.74) is 1.67. The molecule has 0 radical (unpaired) electrons. The molecule has 0 spiro atoms. The van der Waals surface area contributed by atoms with E-state index in [0.29, 0.717) is 33.8 Å². The van der Waals surface area contributed by atoms with Crippen molar-refractivity contribution in [3.8, 4) is 22.4 Å². The summed E-state index contributed by atoms with van der Waals surface area (Å²) in [5.74, 6) is 0.653. The number of carbonyl (C=O) groups excluding carboxylic acids is 1. The predicted molar refractivity (Wildman–Crippen MR) is 103 cm³/mol. The number of aromatic nitrogens is 2. The number of nitrogens with one attached hydrogen (secondary N) is 2. The van der Waals surface area contributed by atoms with Gasteiger partial charge in [-0.15, -0.1) is 0 Å². The van der Waals surface area contributed by atoms with Crippen molar-refractivity contribution in [3.05, 3.63) is 72.9 Å². The summed E-state index contributed by atoms with van der Waals surface area (Å²) in [4.78, 5) is 16.0. The van der Waals surface area contributed by atoms with Gasteiger partial charge in [0, 0.05) is 29.0 Å². The second kappa shape index (κ2) is 7.89. The number of carbonyl (C=O) groups is 1. The maximum Gasteiger partial charge on any atom is 0.323 e. The summed E-state index contributed by atoms with van der Waals surface area (Å²) in [7, 11) is 0. The van der Waals surface area contributed by atoms with Crippen LogP contribution in [0.2, 0.25) is 0 Å². The summed E-state index contributed by atoms with van der Waals surface area (Å²) >= 11 is 1.18. The van der Waals surface area contributed by atoms with Crippen molar-refractivity contribution in [2.75, 3.05) is 10.6 Å². The maximum absolute atomic E-state index is 12.9. The fraction of sp³-hybridized carbons (Fsp3) is 0. The third-order valence-electron chi connectivity index (χ3n) is 3.57. The van der Waals surface area contributed by atoms with Crippen LogP contribution in [-0.2, 0) is 0 Å². The molecule has 9 heteroatoms. The van der Waals surface area contributed by atoms with Crippen LogP contribution in [-0.4, -0.2) is 15.4 Å². The number of rotatable bonds is 5. The fourth-order valence-electron chi connectivity index (χ4n) is 2.31. The third-order valence-corrected chi connectivity index (χ3v) is 4.24. The summed E-state index contributed by atoms with van der Waals surface area (Å²) in [6.45, 7) is 0. The number of hydrogen-bond donors (Lipinski definition) is 2. The molecule has 2 aromatic heterocycles. The zero-order chi connectivity index (χ0) is 19.3. The maximum atomic E-state index is 12.9. The van der Waals surface area contributed by atoms with E-state index in [4.69, 9.17) is 9.15 Å². The normalized spacial score (nSPS) is 10.5. The minimum Gasteiger partial charge on any atom is -0.445 e. The molecule has 2 aromatic carbocycles. The number of amides is 2. The molecular weight excluding hydrogens is 383 g/mol. The highest BCUT2D eigenvalue weighted by molar-refractivity contribution is 7.08. The standard InChI is InChI=1S/C19H13FN4O3S/c20-12-1-3-13(4-2-12)22-19(25)23-14-5-7-15(8-6-14)27-17-11-16(24-28-17)18-21-9-10-26-18/h1-11H,(H2,22,23,25). The Hall–Kier alpha value is -3.72. The lowest BCUT2D eigenvalue weighted by Crippen LogP contribution is -2.19. The molecule has 2 N–H and O–H groups in total. The largest absolute Gasteiger partial charge is 0.445 e. The van der Waals surface area contributed by atoms with Crippen molar-refractivity contribution in [3.63, 3.8) is 0 Å². The molecule has 0 aliphatic rings. The van der Waals surface area contributed by atoms with Crippen molar-refractivity contribution in [1.82, 2.24) is 9.36 Å². The monoisotopic (exact) mass is 396 g/mol. The Morgan fingerprint density at radius 2 is 1.71 bits per heavy atom. The molecule has 0 aliphatic carbocycles. The highest BCUT2D eigenvalue weighted by Gasteiger charge is 2.10. The summed E-state index contributed by atoms with van der Waals surface area (Å²) in [6.07, 6.45) is 3.03. The van der Waals surface area contributed by atoms with Crippen LogP contribution in [0.5, 0.6) is 10.8 Å². The van der Waals surface area contributed by atoms with Crippen LogP contribution < -0.4 is 15.4 Å². The quantitative estimate of drug-likeness (QED) is 0.473. The highest BCUT2D eigenvalue weighted by Crippen LogP contribution is 2.30. The Labute approximate surface area is 163 Å². The Morgan fingerprint density at radius 3 is 2.36 bits per heavy atom. The first-order chi connectivity index (χ1) is 13.7. The molecule has 0 atom stereocenters. The molecule has 0 bridgehead atoms. The molecule has 2 amide bonds. The van der Waals surface area contributed by atoms with Crippen LogP contribution in [0, 0.1) is 5.82 Å². The van der Waals surface area contributed by atoms with Crippen LogP contribution in [0.3, 0.4) is 0 Å². The van der Waals surface area contributed by atoms with Crippen LogP contribution in [0.1, 0.15) is 0 Å². The first-order valence-corrected chi connectivity index (χ1v) is 8.91. The van der Waals surface area contributed by atoms with Crippen LogP contribution in [0.4, 0.5) is 20.6 Å². The van der Waals surface area contributed by atoms with E-state index >= 15 is 0 Å². The van der Waals surface area contributed by atoms with Gasteiger partial charge in [-0.1, -0.05) is 0 Å². The van der Waals surface area contributed by atoms with Gasteiger partial charge in [-0.25, -0.2) is 14.2 Å².